The molecule has 0 saturated carbocycles. The van der Waals surface area contributed by atoms with E-state index < -0.39 is 0 Å². The maximum absolute atomic E-state index is 11.9. The van der Waals surface area contributed by atoms with E-state index in [-0.39, 0.29) is 5.78 Å². The van der Waals surface area contributed by atoms with Gasteiger partial charge in [0.25, 0.3) is 0 Å². The van der Waals surface area contributed by atoms with E-state index in [9.17, 15) is 4.79 Å². The molecule has 1 fully saturated rings. The van der Waals surface area contributed by atoms with E-state index in [1.54, 1.807) is 12.1 Å². The Kier molecular flexibility index (Phi) is 4.35. The number of ether oxygens (including phenoxy) is 1. The van der Waals surface area contributed by atoms with E-state index in [0.717, 1.165) is 37.6 Å². The highest BCUT2D eigenvalue weighted by Crippen LogP contribution is 2.22. The molecule has 2 rings (SSSR count). The maximum Gasteiger partial charge on any atom is 0.186 e. The molecule has 3 nitrogen and oxygen atoms in total. The summed E-state index contributed by atoms with van der Waals surface area (Å²) in [5.74, 6) is 0.152. The molecule has 0 aromatic carbocycles. The van der Waals surface area contributed by atoms with Crippen molar-refractivity contribution in [2.45, 2.75) is 6.42 Å². The van der Waals surface area contributed by atoms with Crippen molar-refractivity contribution in [1.29, 1.82) is 0 Å². The molecule has 1 aliphatic heterocycles. The second-order valence-electron chi connectivity index (χ2n) is 3.77. The van der Waals surface area contributed by atoms with Gasteiger partial charge in [0, 0.05) is 19.7 Å². The fraction of sp³-hybridized carbons (Fsp3) is 0.545. The van der Waals surface area contributed by atoms with E-state index >= 15 is 0 Å². The molecule has 1 aromatic rings. The standard InChI is InChI=1S/C11H14ClNO2S/c12-11-3-2-10(16-11)9(14)8-13-4-1-6-15-7-5-13/h2-3H,1,4-8H2. The van der Waals surface area contributed by atoms with Gasteiger partial charge in [-0.2, -0.15) is 0 Å². The van der Waals surface area contributed by atoms with Crippen LogP contribution < -0.4 is 0 Å². The number of ketones is 1. The van der Waals surface area contributed by atoms with Crippen LogP contribution in [0.3, 0.4) is 0 Å². The summed E-state index contributed by atoms with van der Waals surface area (Å²) >= 11 is 7.15. The summed E-state index contributed by atoms with van der Waals surface area (Å²) in [4.78, 5) is 14.8. The minimum Gasteiger partial charge on any atom is -0.380 e. The van der Waals surface area contributed by atoms with Crippen LogP contribution >= 0.6 is 22.9 Å². The molecule has 0 radical (unpaired) electrons. The average Bonchev–Trinajstić information content (AvgIpc) is 2.54. The molecular weight excluding hydrogens is 246 g/mol. The largest absolute Gasteiger partial charge is 0.380 e. The summed E-state index contributed by atoms with van der Waals surface area (Å²) in [6.45, 7) is 3.77. The molecule has 16 heavy (non-hydrogen) atoms. The Hall–Kier alpha value is -0.420. The molecular formula is C11H14ClNO2S. The molecule has 88 valence electrons. The van der Waals surface area contributed by atoms with Crippen molar-refractivity contribution < 1.29 is 9.53 Å². The number of thiophene rings is 1. The summed E-state index contributed by atoms with van der Waals surface area (Å²) in [6.07, 6.45) is 0.998. The minimum atomic E-state index is 0.152. The molecule has 1 aliphatic rings. The van der Waals surface area contributed by atoms with Crippen molar-refractivity contribution in [2.24, 2.45) is 0 Å². The van der Waals surface area contributed by atoms with E-state index in [2.05, 4.69) is 4.90 Å². The second-order valence-corrected chi connectivity index (χ2v) is 5.48. The van der Waals surface area contributed by atoms with Crippen molar-refractivity contribution >= 4 is 28.7 Å². The maximum atomic E-state index is 11.9. The van der Waals surface area contributed by atoms with Crippen molar-refractivity contribution in [3.63, 3.8) is 0 Å². The lowest BCUT2D eigenvalue weighted by atomic mass is 10.3. The lowest BCUT2D eigenvalue weighted by Gasteiger charge is -2.17. The van der Waals surface area contributed by atoms with Crippen molar-refractivity contribution in [3.8, 4) is 0 Å². The predicted molar refractivity (Wildman–Crippen MR) is 65.5 cm³/mol. The van der Waals surface area contributed by atoms with Crippen LogP contribution in [-0.2, 0) is 4.74 Å². The monoisotopic (exact) mass is 259 g/mol. The Balaban J connectivity index is 1.90. The zero-order valence-corrected chi connectivity index (χ0v) is 10.5. The van der Waals surface area contributed by atoms with Crippen molar-refractivity contribution in [1.82, 2.24) is 4.90 Å². The summed E-state index contributed by atoms with van der Waals surface area (Å²) in [5, 5.41) is 0. The zero-order chi connectivity index (χ0) is 11.4. The zero-order valence-electron chi connectivity index (χ0n) is 8.95. The van der Waals surface area contributed by atoms with Gasteiger partial charge in [0.2, 0.25) is 0 Å². The number of hydrogen-bond donors (Lipinski definition) is 0. The smallest absolute Gasteiger partial charge is 0.186 e. The highest BCUT2D eigenvalue weighted by molar-refractivity contribution is 7.18. The Morgan fingerprint density at radius 3 is 3.06 bits per heavy atom. The number of halogens is 1. The van der Waals surface area contributed by atoms with Gasteiger partial charge in [0.1, 0.15) is 0 Å². The van der Waals surface area contributed by atoms with Gasteiger partial charge in [-0.05, 0) is 18.6 Å². The Labute approximate surface area is 104 Å². The van der Waals surface area contributed by atoms with Crippen LogP contribution in [0.2, 0.25) is 4.34 Å². The lowest BCUT2D eigenvalue weighted by molar-refractivity contribution is 0.0926. The van der Waals surface area contributed by atoms with Gasteiger partial charge >= 0.3 is 0 Å². The summed E-state index contributed by atoms with van der Waals surface area (Å²) < 4.78 is 6.01. The molecule has 0 spiro atoms. The molecule has 0 amide bonds. The van der Waals surface area contributed by atoms with E-state index in [0.29, 0.717) is 10.9 Å². The minimum absolute atomic E-state index is 0.152. The van der Waals surface area contributed by atoms with Gasteiger partial charge in [-0.3, -0.25) is 9.69 Å². The Morgan fingerprint density at radius 2 is 2.31 bits per heavy atom. The lowest BCUT2D eigenvalue weighted by Crippen LogP contribution is -2.31. The Morgan fingerprint density at radius 1 is 1.44 bits per heavy atom. The molecule has 0 N–H and O–H groups in total. The molecule has 0 bridgehead atoms. The van der Waals surface area contributed by atoms with Gasteiger partial charge < -0.3 is 4.74 Å². The first kappa shape index (κ1) is 12.0. The Bertz CT molecular complexity index is 359. The first-order valence-electron chi connectivity index (χ1n) is 5.34. The number of nitrogens with zero attached hydrogens (tertiary/aromatic N) is 1. The number of Topliss-reactive ketones (excluding diaryl/α,β-unsaturated/α-hetero) is 1. The van der Waals surface area contributed by atoms with Crippen molar-refractivity contribution in [2.75, 3.05) is 32.8 Å². The van der Waals surface area contributed by atoms with Crippen LogP contribution in [0.4, 0.5) is 0 Å². The third kappa shape index (κ3) is 3.28. The average molecular weight is 260 g/mol. The van der Waals surface area contributed by atoms with E-state index in [1.165, 1.54) is 11.3 Å². The molecule has 0 aliphatic carbocycles. The first-order chi connectivity index (χ1) is 7.75. The third-order valence-corrected chi connectivity index (χ3v) is 3.80. The van der Waals surface area contributed by atoms with Gasteiger partial charge in [-0.25, -0.2) is 0 Å². The van der Waals surface area contributed by atoms with E-state index in [4.69, 9.17) is 16.3 Å². The first-order valence-corrected chi connectivity index (χ1v) is 6.54. The SMILES string of the molecule is O=C(CN1CCCOCC1)c1ccc(Cl)s1. The fourth-order valence-electron chi connectivity index (χ4n) is 1.70. The molecule has 2 heterocycles. The van der Waals surface area contributed by atoms with Gasteiger partial charge in [-0.1, -0.05) is 11.6 Å². The molecule has 5 heteroatoms. The summed E-state index contributed by atoms with van der Waals surface area (Å²) in [6, 6.07) is 3.56. The quantitative estimate of drug-likeness (QED) is 0.781. The number of rotatable bonds is 3. The van der Waals surface area contributed by atoms with Crippen molar-refractivity contribution in [3.05, 3.63) is 21.3 Å². The fourth-order valence-corrected chi connectivity index (χ4v) is 2.67. The summed E-state index contributed by atoms with van der Waals surface area (Å²) in [5.41, 5.74) is 0. The number of hydrogen-bond acceptors (Lipinski definition) is 4. The van der Waals surface area contributed by atoms with Crippen LogP contribution in [0.15, 0.2) is 12.1 Å². The summed E-state index contributed by atoms with van der Waals surface area (Å²) in [7, 11) is 0. The molecule has 1 aromatic heterocycles. The second kappa shape index (κ2) is 5.77. The van der Waals surface area contributed by atoms with Gasteiger partial charge in [0.15, 0.2) is 5.78 Å². The van der Waals surface area contributed by atoms with Crippen LogP contribution in [0.25, 0.3) is 0 Å². The van der Waals surface area contributed by atoms with Crippen LogP contribution in [0.1, 0.15) is 16.1 Å². The number of carbonyl (C=O) groups is 1. The normalized spacial score (nSPS) is 18.3. The van der Waals surface area contributed by atoms with E-state index in [1.807, 2.05) is 0 Å². The topological polar surface area (TPSA) is 29.5 Å². The van der Waals surface area contributed by atoms with Crippen LogP contribution in [0, 0.1) is 0 Å². The van der Waals surface area contributed by atoms with Crippen LogP contribution in [-0.4, -0.2) is 43.5 Å². The van der Waals surface area contributed by atoms with Gasteiger partial charge in [0.05, 0.1) is 22.4 Å². The predicted octanol–water partition coefficient (Wildman–Crippen LogP) is 2.31. The highest BCUT2D eigenvalue weighted by Gasteiger charge is 2.15. The molecule has 1 saturated heterocycles. The highest BCUT2D eigenvalue weighted by atomic mass is 35.5. The molecule has 0 unspecified atom stereocenters. The molecule has 0 atom stereocenters. The van der Waals surface area contributed by atoms with Gasteiger partial charge in [-0.15, -0.1) is 11.3 Å². The third-order valence-electron chi connectivity index (χ3n) is 2.53. The van der Waals surface area contributed by atoms with Crippen LogP contribution in [0.5, 0.6) is 0 Å². The number of carbonyl (C=O) groups excluding carboxylic acids is 1.